The molecular formula is C11H25O5P. The number of rotatable bonds is 12. The molecule has 5 nitrogen and oxygen atoms in total. The summed E-state index contributed by atoms with van der Waals surface area (Å²) in [6, 6.07) is 0. The fourth-order valence-electron chi connectivity index (χ4n) is 1.63. The van der Waals surface area contributed by atoms with Gasteiger partial charge in [0, 0.05) is 6.61 Å². The van der Waals surface area contributed by atoms with E-state index in [-0.39, 0.29) is 6.61 Å². The van der Waals surface area contributed by atoms with Gasteiger partial charge in [-0.15, -0.1) is 0 Å². The average molecular weight is 268 g/mol. The monoisotopic (exact) mass is 268 g/mol. The zero-order valence-electron chi connectivity index (χ0n) is 10.4. The van der Waals surface area contributed by atoms with Crippen LogP contribution < -0.4 is 0 Å². The molecule has 0 aliphatic carbocycles. The van der Waals surface area contributed by atoms with Gasteiger partial charge < -0.3 is 14.9 Å². The Balaban J connectivity index is 3.01. The van der Waals surface area contributed by atoms with Crippen molar-refractivity contribution in [2.75, 3.05) is 13.2 Å². The van der Waals surface area contributed by atoms with Crippen LogP contribution >= 0.6 is 7.82 Å². The summed E-state index contributed by atoms with van der Waals surface area (Å²) >= 11 is 0. The minimum absolute atomic E-state index is 0.140. The summed E-state index contributed by atoms with van der Waals surface area (Å²) in [5.41, 5.74) is 0. The molecule has 0 atom stereocenters. The van der Waals surface area contributed by atoms with Crippen molar-refractivity contribution in [3.63, 3.8) is 0 Å². The van der Waals surface area contributed by atoms with Crippen LogP contribution in [0.2, 0.25) is 0 Å². The smallest absolute Gasteiger partial charge is 0.396 e. The molecule has 0 heterocycles. The highest BCUT2D eigenvalue weighted by Crippen LogP contribution is 2.35. The van der Waals surface area contributed by atoms with Gasteiger partial charge in [0.15, 0.2) is 0 Å². The lowest BCUT2D eigenvalue weighted by Gasteiger charge is -2.04. The van der Waals surface area contributed by atoms with E-state index >= 15 is 0 Å². The summed E-state index contributed by atoms with van der Waals surface area (Å²) in [4.78, 5) is 16.9. The van der Waals surface area contributed by atoms with Gasteiger partial charge in [-0.25, -0.2) is 4.57 Å². The van der Waals surface area contributed by atoms with Crippen molar-refractivity contribution >= 4 is 7.82 Å². The molecule has 104 valence electrons. The van der Waals surface area contributed by atoms with Crippen molar-refractivity contribution in [2.24, 2.45) is 0 Å². The van der Waals surface area contributed by atoms with Crippen molar-refractivity contribution in [3.8, 4) is 0 Å². The molecule has 0 bridgehead atoms. The Morgan fingerprint density at radius 2 is 1.18 bits per heavy atom. The molecule has 6 heteroatoms. The van der Waals surface area contributed by atoms with Crippen molar-refractivity contribution in [1.82, 2.24) is 0 Å². The predicted octanol–water partition coefficient (Wildman–Crippen LogP) is 2.60. The Bertz CT molecular complexity index is 204. The normalized spacial score (nSPS) is 11.9. The summed E-state index contributed by atoms with van der Waals surface area (Å²) in [7, 11) is -4.26. The molecule has 0 aromatic carbocycles. The van der Waals surface area contributed by atoms with Gasteiger partial charge in [0.25, 0.3) is 0 Å². The second-order valence-corrected chi connectivity index (χ2v) is 5.47. The number of aliphatic hydroxyl groups excluding tert-OH is 1. The van der Waals surface area contributed by atoms with Crippen molar-refractivity contribution in [3.05, 3.63) is 0 Å². The SMILES string of the molecule is O=P(O)(O)OCCCCCCCCCCCO. The van der Waals surface area contributed by atoms with Gasteiger partial charge in [0.1, 0.15) is 0 Å². The fourth-order valence-corrected chi connectivity index (χ4v) is 2.00. The lowest BCUT2D eigenvalue weighted by atomic mass is 10.1. The Labute approximate surface area is 103 Å². The van der Waals surface area contributed by atoms with Gasteiger partial charge in [-0.05, 0) is 12.8 Å². The van der Waals surface area contributed by atoms with Gasteiger partial charge in [0.05, 0.1) is 6.61 Å². The highest BCUT2D eigenvalue weighted by molar-refractivity contribution is 7.46. The molecule has 0 amide bonds. The number of hydrogen-bond acceptors (Lipinski definition) is 3. The van der Waals surface area contributed by atoms with E-state index in [4.69, 9.17) is 14.9 Å². The van der Waals surface area contributed by atoms with E-state index in [9.17, 15) is 4.57 Å². The predicted molar refractivity (Wildman–Crippen MR) is 66.6 cm³/mol. The fraction of sp³-hybridized carbons (Fsp3) is 1.00. The molecule has 0 saturated carbocycles. The summed E-state index contributed by atoms with van der Waals surface area (Å²) < 4.78 is 14.7. The summed E-state index contributed by atoms with van der Waals surface area (Å²) in [5, 5.41) is 8.58. The van der Waals surface area contributed by atoms with Gasteiger partial charge in [-0.3, -0.25) is 4.52 Å². The van der Waals surface area contributed by atoms with Crippen molar-refractivity contribution < 1.29 is 24.0 Å². The number of phosphoric acid groups is 1. The quantitative estimate of drug-likeness (QED) is 0.374. The van der Waals surface area contributed by atoms with Gasteiger partial charge >= 0.3 is 7.82 Å². The molecule has 0 saturated heterocycles. The summed E-state index contributed by atoms with van der Waals surface area (Å²) in [6.45, 7) is 0.431. The minimum atomic E-state index is -4.26. The van der Waals surface area contributed by atoms with Crippen LogP contribution in [0.15, 0.2) is 0 Å². The minimum Gasteiger partial charge on any atom is -0.396 e. The van der Waals surface area contributed by atoms with Gasteiger partial charge in [-0.1, -0.05) is 44.9 Å². The van der Waals surface area contributed by atoms with Crippen LogP contribution in [-0.2, 0) is 9.09 Å². The zero-order valence-corrected chi connectivity index (χ0v) is 11.3. The standard InChI is InChI=1S/C11H25O5P/c12-10-8-6-4-2-1-3-5-7-9-11-16-17(13,14)15/h12H,1-11H2,(H2,13,14,15). The lowest BCUT2D eigenvalue weighted by Crippen LogP contribution is -1.92. The Morgan fingerprint density at radius 1 is 0.765 bits per heavy atom. The second-order valence-electron chi connectivity index (χ2n) is 4.23. The van der Waals surface area contributed by atoms with Crippen molar-refractivity contribution in [2.45, 2.75) is 57.8 Å². The largest absolute Gasteiger partial charge is 0.469 e. The molecule has 0 spiro atoms. The van der Waals surface area contributed by atoms with Crippen LogP contribution in [0.3, 0.4) is 0 Å². The molecule has 0 aliphatic heterocycles. The van der Waals surface area contributed by atoms with E-state index < -0.39 is 7.82 Å². The maximum atomic E-state index is 10.3. The first-order chi connectivity index (χ1) is 8.06. The van der Waals surface area contributed by atoms with Crippen LogP contribution in [0.4, 0.5) is 0 Å². The zero-order chi connectivity index (χ0) is 13.0. The number of phosphoric ester groups is 1. The Morgan fingerprint density at radius 3 is 1.59 bits per heavy atom. The number of unbranched alkanes of at least 4 members (excludes halogenated alkanes) is 8. The Hall–Kier alpha value is 0.0700. The molecule has 17 heavy (non-hydrogen) atoms. The Kier molecular flexibility index (Phi) is 11.2. The molecule has 0 rings (SSSR count). The second kappa shape index (κ2) is 11.2. The van der Waals surface area contributed by atoms with Gasteiger partial charge in [-0.2, -0.15) is 0 Å². The molecular weight excluding hydrogens is 243 g/mol. The summed E-state index contributed by atoms with van der Waals surface area (Å²) in [6.07, 6.45) is 9.50. The maximum Gasteiger partial charge on any atom is 0.469 e. The highest BCUT2D eigenvalue weighted by atomic mass is 31.2. The third-order valence-corrected chi connectivity index (χ3v) is 3.08. The van der Waals surface area contributed by atoms with Crippen LogP contribution in [0.5, 0.6) is 0 Å². The summed E-state index contributed by atoms with van der Waals surface area (Å²) in [5.74, 6) is 0. The molecule has 0 radical (unpaired) electrons. The van der Waals surface area contributed by atoms with Crippen LogP contribution in [0, 0.1) is 0 Å². The van der Waals surface area contributed by atoms with Crippen LogP contribution in [0.25, 0.3) is 0 Å². The maximum absolute atomic E-state index is 10.3. The average Bonchev–Trinajstić information content (AvgIpc) is 2.24. The third-order valence-electron chi connectivity index (χ3n) is 2.56. The van der Waals surface area contributed by atoms with E-state index in [0.717, 1.165) is 32.1 Å². The van der Waals surface area contributed by atoms with Crippen LogP contribution in [-0.4, -0.2) is 28.1 Å². The molecule has 0 aromatic rings. The van der Waals surface area contributed by atoms with E-state index in [1.165, 1.54) is 19.3 Å². The highest BCUT2D eigenvalue weighted by Gasteiger charge is 2.12. The molecule has 0 aliphatic rings. The number of aliphatic hydroxyl groups is 1. The molecule has 0 unspecified atom stereocenters. The van der Waals surface area contributed by atoms with Crippen molar-refractivity contribution in [1.29, 1.82) is 0 Å². The first-order valence-electron chi connectivity index (χ1n) is 6.37. The molecule has 3 N–H and O–H groups in total. The molecule has 0 aromatic heterocycles. The van der Waals surface area contributed by atoms with E-state index in [0.29, 0.717) is 13.0 Å². The lowest BCUT2D eigenvalue weighted by molar-refractivity contribution is 0.193. The van der Waals surface area contributed by atoms with E-state index in [1.54, 1.807) is 0 Å². The first kappa shape index (κ1) is 17.1. The van der Waals surface area contributed by atoms with Crippen LogP contribution in [0.1, 0.15) is 57.8 Å². The van der Waals surface area contributed by atoms with Gasteiger partial charge in [0.2, 0.25) is 0 Å². The number of hydrogen-bond donors (Lipinski definition) is 3. The van der Waals surface area contributed by atoms with E-state index in [2.05, 4.69) is 4.52 Å². The molecule has 0 fully saturated rings. The first-order valence-corrected chi connectivity index (χ1v) is 7.90. The third kappa shape index (κ3) is 16.1. The topological polar surface area (TPSA) is 87.0 Å². The van der Waals surface area contributed by atoms with E-state index in [1.807, 2.05) is 0 Å².